The van der Waals surface area contributed by atoms with Gasteiger partial charge in [0.25, 0.3) is 0 Å². The second-order valence-electron chi connectivity index (χ2n) is 5.89. The summed E-state index contributed by atoms with van der Waals surface area (Å²) >= 11 is 1.89. The molecular weight excluding hydrogens is 327 g/mol. The number of morpholine rings is 1. The summed E-state index contributed by atoms with van der Waals surface area (Å²) in [6.45, 7) is 3.79. The lowest BCUT2D eigenvalue weighted by molar-refractivity contribution is -0.141. The van der Waals surface area contributed by atoms with Crippen LogP contribution in [0.2, 0.25) is 0 Å². The molecule has 3 heterocycles. The van der Waals surface area contributed by atoms with Crippen molar-refractivity contribution in [3.05, 3.63) is 23.9 Å². The van der Waals surface area contributed by atoms with Crippen LogP contribution in [0.15, 0.2) is 18.2 Å². The first-order chi connectivity index (χ1) is 11.0. The number of nitrogens with zero attached hydrogens (tertiary/aromatic N) is 2. The molecule has 3 rings (SSSR count). The van der Waals surface area contributed by atoms with Crippen molar-refractivity contribution < 1.29 is 17.9 Å². The third kappa shape index (κ3) is 3.92. The van der Waals surface area contributed by atoms with E-state index in [0.717, 1.165) is 37.1 Å². The van der Waals surface area contributed by atoms with Crippen molar-refractivity contribution in [2.45, 2.75) is 18.1 Å². The van der Waals surface area contributed by atoms with Crippen LogP contribution >= 0.6 is 11.8 Å². The number of ether oxygens (including phenoxy) is 1. The van der Waals surface area contributed by atoms with Crippen LogP contribution in [-0.4, -0.2) is 59.8 Å². The van der Waals surface area contributed by atoms with Crippen LogP contribution in [0.25, 0.3) is 0 Å². The zero-order valence-corrected chi connectivity index (χ0v) is 13.6. The minimum Gasteiger partial charge on any atom is -0.379 e. The van der Waals surface area contributed by atoms with Gasteiger partial charge in [0.1, 0.15) is 11.5 Å². The van der Waals surface area contributed by atoms with E-state index in [1.54, 1.807) is 6.07 Å². The molecule has 1 atom stereocenters. The van der Waals surface area contributed by atoms with E-state index in [-0.39, 0.29) is 11.4 Å². The summed E-state index contributed by atoms with van der Waals surface area (Å²) < 4.78 is 43.7. The first kappa shape index (κ1) is 16.9. The van der Waals surface area contributed by atoms with Crippen LogP contribution in [-0.2, 0) is 10.9 Å². The van der Waals surface area contributed by atoms with Crippen LogP contribution < -0.4 is 5.32 Å². The molecule has 23 heavy (non-hydrogen) atoms. The molecule has 0 radical (unpaired) electrons. The molecule has 0 aliphatic carbocycles. The van der Waals surface area contributed by atoms with Gasteiger partial charge < -0.3 is 10.1 Å². The Hall–Kier alpha value is -0.990. The first-order valence-corrected chi connectivity index (χ1v) is 8.84. The molecule has 1 aromatic heterocycles. The summed E-state index contributed by atoms with van der Waals surface area (Å²) in [5.74, 6) is 2.35. The lowest BCUT2D eigenvalue weighted by atomic mass is 9.95. The maximum atomic E-state index is 12.8. The molecule has 8 heteroatoms. The molecule has 0 bridgehead atoms. The van der Waals surface area contributed by atoms with Crippen molar-refractivity contribution in [2.75, 3.05) is 49.7 Å². The molecule has 0 saturated carbocycles. The Labute approximate surface area is 137 Å². The predicted octanol–water partition coefficient (Wildman–Crippen LogP) is 2.72. The topological polar surface area (TPSA) is 37.4 Å². The minimum absolute atomic E-state index is 0.0234. The van der Waals surface area contributed by atoms with E-state index in [1.807, 2.05) is 11.8 Å². The Morgan fingerprint density at radius 1 is 1.30 bits per heavy atom. The van der Waals surface area contributed by atoms with Gasteiger partial charge in [0.05, 0.1) is 13.2 Å². The van der Waals surface area contributed by atoms with Crippen molar-refractivity contribution in [3.63, 3.8) is 0 Å². The Balaban J connectivity index is 1.70. The van der Waals surface area contributed by atoms with Gasteiger partial charge in [-0.3, -0.25) is 4.90 Å². The summed E-state index contributed by atoms with van der Waals surface area (Å²) in [4.78, 5) is 6.11. The van der Waals surface area contributed by atoms with Gasteiger partial charge in [-0.05, 0) is 24.3 Å². The molecule has 0 amide bonds. The van der Waals surface area contributed by atoms with Crippen molar-refractivity contribution in [1.82, 2.24) is 9.88 Å². The Bertz CT molecular complexity index is 529. The lowest BCUT2D eigenvalue weighted by Gasteiger charge is -2.43. The summed E-state index contributed by atoms with van der Waals surface area (Å²) in [5, 5.41) is 3.13. The number of aromatic nitrogens is 1. The zero-order chi connectivity index (χ0) is 16.3. The maximum absolute atomic E-state index is 12.8. The van der Waals surface area contributed by atoms with E-state index >= 15 is 0 Å². The molecule has 2 aliphatic rings. The second kappa shape index (κ2) is 6.86. The lowest BCUT2D eigenvalue weighted by Crippen LogP contribution is -2.57. The fourth-order valence-electron chi connectivity index (χ4n) is 3.08. The Kier molecular flexibility index (Phi) is 5.03. The van der Waals surface area contributed by atoms with Gasteiger partial charge >= 0.3 is 6.18 Å². The first-order valence-electron chi connectivity index (χ1n) is 7.68. The van der Waals surface area contributed by atoms with Gasteiger partial charge in [0.2, 0.25) is 0 Å². The van der Waals surface area contributed by atoms with Gasteiger partial charge in [-0.25, -0.2) is 4.98 Å². The summed E-state index contributed by atoms with van der Waals surface area (Å²) in [6.07, 6.45) is -3.38. The Morgan fingerprint density at radius 3 is 2.74 bits per heavy atom. The average Bonchev–Trinajstić information content (AvgIpc) is 3.04. The molecule has 1 N–H and O–H groups in total. The average molecular weight is 347 g/mol. The van der Waals surface area contributed by atoms with Crippen molar-refractivity contribution >= 4 is 17.6 Å². The van der Waals surface area contributed by atoms with Crippen LogP contribution in [0.4, 0.5) is 19.0 Å². The highest BCUT2D eigenvalue weighted by molar-refractivity contribution is 7.99. The largest absolute Gasteiger partial charge is 0.433 e. The number of rotatable bonds is 4. The molecule has 2 aliphatic heterocycles. The third-order valence-corrected chi connectivity index (χ3v) is 5.64. The number of thioether (sulfide) groups is 1. The number of alkyl halides is 3. The van der Waals surface area contributed by atoms with E-state index in [2.05, 4.69) is 15.2 Å². The fourth-order valence-corrected chi connectivity index (χ4v) is 4.56. The summed E-state index contributed by atoms with van der Waals surface area (Å²) in [6, 6.07) is 3.97. The number of hydrogen-bond donors (Lipinski definition) is 1. The van der Waals surface area contributed by atoms with Crippen LogP contribution in [0.5, 0.6) is 0 Å². The van der Waals surface area contributed by atoms with Gasteiger partial charge in [0.15, 0.2) is 0 Å². The molecular formula is C15H20F3N3OS. The molecule has 1 aromatic rings. The van der Waals surface area contributed by atoms with Crippen molar-refractivity contribution in [2.24, 2.45) is 0 Å². The van der Waals surface area contributed by atoms with Crippen LogP contribution in [0.1, 0.15) is 12.1 Å². The van der Waals surface area contributed by atoms with Gasteiger partial charge in [-0.1, -0.05) is 6.07 Å². The standard InChI is InChI=1S/C15H20F3N3OS/c16-15(17,18)12-2-1-3-13(20-12)19-10-14(4-9-23-11-14)21-5-7-22-8-6-21/h1-3H,4-11H2,(H,19,20). The normalized spacial score (nSPS) is 26.4. The van der Waals surface area contributed by atoms with Crippen LogP contribution in [0.3, 0.4) is 0 Å². The van der Waals surface area contributed by atoms with Gasteiger partial charge in [-0.2, -0.15) is 24.9 Å². The SMILES string of the molecule is FC(F)(F)c1cccc(NCC2(N3CCOCC3)CCSC2)n1. The third-order valence-electron chi connectivity index (χ3n) is 4.40. The summed E-state index contributed by atoms with van der Waals surface area (Å²) in [7, 11) is 0. The Morgan fingerprint density at radius 2 is 2.09 bits per heavy atom. The highest BCUT2D eigenvalue weighted by Crippen LogP contribution is 2.34. The molecule has 128 valence electrons. The highest BCUT2D eigenvalue weighted by Gasteiger charge is 2.40. The van der Waals surface area contributed by atoms with Gasteiger partial charge in [-0.15, -0.1) is 0 Å². The van der Waals surface area contributed by atoms with E-state index in [1.165, 1.54) is 6.07 Å². The van der Waals surface area contributed by atoms with Crippen molar-refractivity contribution in [3.8, 4) is 0 Å². The highest BCUT2D eigenvalue weighted by atomic mass is 32.2. The molecule has 2 saturated heterocycles. The smallest absolute Gasteiger partial charge is 0.379 e. The summed E-state index contributed by atoms with van der Waals surface area (Å²) in [5.41, 5.74) is -0.881. The number of anilines is 1. The van der Waals surface area contributed by atoms with E-state index in [4.69, 9.17) is 4.74 Å². The maximum Gasteiger partial charge on any atom is 0.433 e. The molecule has 2 fully saturated rings. The monoisotopic (exact) mass is 347 g/mol. The fraction of sp³-hybridized carbons (Fsp3) is 0.667. The van der Waals surface area contributed by atoms with Crippen molar-refractivity contribution in [1.29, 1.82) is 0 Å². The van der Waals surface area contributed by atoms with Gasteiger partial charge in [0, 0.05) is 30.9 Å². The molecule has 1 unspecified atom stereocenters. The molecule has 0 aromatic carbocycles. The predicted molar refractivity (Wildman–Crippen MR) is 84.8 cm³/mol. The number of halogens is 3. The van der Waals surface area contributed by atoms with E-state index < -0.39 is 11.9 Å². The minimum atomic E-state index is -4.41. The molecule has 0 spiro atoms. The molecule has 4 nitrogen and oxygen atoms in total. The van der Waals surface area contributed by atoms with E-state index in [9.17, 15) is 13.2 Å². The number of nitrogens with one attached hydrogen (secondary N) is 1. The quantitative estimate of drug-likeness (QED) is 0.906. The number of hydrogen-bond acceptors (Lipinski definition) is 5. The van der Waals surface area contributed by atoms with E-state index in [0.29, 0.717) is 19.8 Å². The number of pyridine rings is 1. The second-order valence-corrected chi connectivity index (χ2v) is 6.99. The zero-order valence-electron chi connectivity index (χ0n) is 12.7. The van der Waals surface area contributed by atoms with Crippen LogP contribution in [0, 0.1) is 0 Å².